The Morgan fingerprint density at radius 1 is 1.23 bits per heavy atom. The fourth-order valence-corrected chi connectivity index (χ4v) is 2.44. The molecule has 22 heavy (non-hydrogen) atoms. The number of benzene rings is 2. The van der Waals surface area contributed by atoms with Crippen LogP contribution in [0.2, 0.25) is 5.02 Å². The number of halogens is 2. The van der Waals surface area contributed by atoms with Crippen LogP contribution >= 0.6 is 11.6 Å². The van der Waals surface area contributed by atoms with Crippen LogP contribution in [0, 0.1) is 19.7 Å². The Labute approximate surface area is 134 Å². The maximum atomic E-state index is 13.5. The second-order valence-electron chi connectivity index (χ2n) is 5.10. The highest BCUT2D eigenvalue weighted by Crippen LogP contribution is 2.28. The summed E-state index contributed by atoms with van der Waals surface area (Å²) < 4.78 is 19.3. The van der Waals surface area contributed by atoms with Crippen molar-refractivity contribution >= 4 is 23.2 Å². The topological polar surface area (TPSA) is 38.3 Å². The van der Waals surface area contributed by atoms with Crippen LogP contribution in [0.1, 0.15) is 18.1 Å². The SMILES string of the molecule is Cc1cc(Cl)cc(C)c1O[C@H](C)C(=O)Nc1ccccc1F. The zero-order valence-corrected chi connectivity index (χ0v) is 13.4. The molecule has 0 aliphatic rings. The van der Waals surface area contributed by atoms with E-state index in [-0.39, 0.29) is 5.69 Å². The van der Waals surface area contributed by atoms with Gasteiger partial charge in [-0.05, 0) is 56.2 Å². The third-order valence-corrected chi connectivity index (χ3v) is 3.44. The number of rotatable bonds is 4. The molecule has 2 rings (SSSR count). The minimum atomic E-state index is -0.766. The quantitative estimate of drug-likeness (QED) is 0.900. The van der Waals surface area contributed by atoms with Gasteiger partial charge in [-0.2, -0.15) is 0 Å². The van der Waals surface area contributed by atoms with E-state index in [1.807, 2.05) is 13.8 Å². The van der Waals surface area contributed by atoms with Gasteiger partial charge in [0.2, 0.25) is 0 Å². The van der Waals surface area contributed by atoms with E-state index in [4.69, 9.17) is 16.3 Å². The number of anilines is 1. The van der Waals surface area contributed by atoms with Crippen molar-refractivity contribution in [2.24, 2.45) is 0 Å². The minimum absolute atomic E-state index is 0.132. The van der Waals surface area contributed by atoms with Gasteiger partial charge in [-0.15, -0.1) is 0 Å². The Bertz CT molecular complexity index is 680. The van der Waals surface area contributed by atoms with E-state index in [0.29, 0.717) is 10.8 Å². The first-order valence-electron chi connectivity index (χ1n) is 6.87. The minimum Gasteiger partial charge on any atom is -0.480 e. The maximum absolute atomic E-state index is 13.5. The van der Waals surface area contributed by atoms with E-state index in [1.54, 1.807) is 31.2 Å². The first-order valence-corrected chi connectivity index (χ1v) is 7.25. The second-order valence-corrected chi connectivity index (χ2v) is 5.53. The lowest BCUT2D eigenvalue weighted by atomic mass is 10.1. The smallest absolute Gasteiger partial charge is 0.265 e. The number of ether oxygens (including phenoxy) is 1. The molecule has 0 aromatic heterocycles. The fraction of sp³-hybridized carbons (Fsp3) is 0.235. The molecule has 0 saturated heterocycles. The number of hydrogen-bond acceptors (Lipinski definition) is 2. The predicted molar refractivity (Wildman–Crippen MR) is 86.0 cm³/mol. The van der Waals surface area contributed by atoms with E-state index in [2.05, 4.69) is 5.32 Å². The van der Waals surface area contributed by atoms with Crippen molar-refractivity contribution in [3.05, 3.63) is 58.4 Å². The molecule has 0 radical (unpaired) electrons. The summed E-state index contributed by atoms with van der Waals surface area (Å²) in [5.74, 6) is -0.290. The van der Waals surface area contributed by atoms with Gasteiger partial charge >= 0.3 is 0 Å². The lowest BCUT2D eigenvalue weighted by Crippen LogP contribution is -2.30. The monoisotopic (exact) mass is 321 g/mol. The van der Waals surface area contributed by atoms with Gasteiger partial charge in [0.25, 0.3) is 5.91 Å². The molecular weight excluding hydrogens is 305 g/mol. The molecule has 2 aromatic carbocycles. The third kappa shape index (κ3) is 3.77. The molecule has 2 aromatic rings. The van der Waals surface area contributed by atoms with Crippen LogP contribution in [0.3, 0.4) is 0 Å². The van der Waals surface area contributed by atoms with Crippen molar-refractivity contribution < 1.29 is 13.9 Å². The molecule has 0 aliphatic heterocycles. The molecule has 5 heteroatoms. The number of aryl methyl sites for hydroxylation is 2. The summed E-state index contributed by atoms with van der Waals surface area (Å²) in [7, 11) is 0. The average Bonchev–Trinajstić information content (AvgIpc) is 2.45. The number of amides is 1. The van der Waals surface area contributed by atoms with E-state index in [1.165, 1.54) is 12.1 Å². The fourth-order valence-electron chi connectivity index (χ4n) is 2.11. The Morgan fingerprint density at radius 2 is 1.82 bits per heavy atom. The highest BCUT2D eigenvalue weighted by molar-refractivity contribution is 6.30. The summed E-state index contributed by atoms with van der Waals surface area (Å²) in [4.78, 5) is 12.1. The van der Waals surface area contributed by atoms with Gasteiger partial charge in [-0.1, -0.05) is 23.7 Å². The normalized spacial score (nSPS) is 11.9. The first kappa shape index (κ1) is 16.3. The number of hydrogen-bond donors (Lipinski definition) is 1. The van der Waals surface area contributed by atoms with Gasteiger partial charge in [0.05, 0.1) is 5.69 Å². The van der Waals surface area contributed by atoms with Gasteiger partial charge < -0.3 is 10.1 Å². The summed E-state index contributed by atoms with van der Waals surface area (Å²) in [5.41, 5.74) is 1.82. The van der Waals surface area contributed by atoms with Crippen molar-refractivity contribution in [2.45, 2.75) is 26.9 Å². The lowest BCUT2D eigenvalue weighted by molar-refractivity contribution is -0.122. The van der Waals surface area contributed by atoms with Crippen molar-refractivity contribution in [3.63, 3.8) is 0 Å². The number of carbonyl (C=O) groups excluding carboxylic acids is 1. The van der Waals surface area contributed by atoms with Crippen molar-refractivity contribution in [3.8, 4) is 5.75 Å². The zero-order valence-electron chi connectivity index (χ0n) is 12.6. The predicted octanol–water partition coefficient (Wildman–Crippen LogP) is 4.50. The van der Waals surface area contributed by atoms with Crippen molar-refractivity contribution in [1.29, 1.82) is 0 Å². The van der Waals surface area contributed by atoms with Crippen LogP contribution in [-0.2, 0) is 4.79 Å². The van der Waals surface area contributed by atoms with Gasteiger partial charge in [0.15, 0.2) is 6.10 Å². The van der Waals surface area contributed by atoms with Gasteiger partial charge in [-0.25, -0.2) is 4.39 Å². The molecule has 0 saturated carbocycles. The summed E-state index contributed by atoms with van der Waals surface area (Å²) in [6.45, 7) is 5.33. The van der Waals surface area contributed by atoms with E-state index >= 15 is 0 Å². The van der Waals surface area contributed by atoms with E-state index in [9.17, 15) is 9.18 Å². The highest BCUT2D eigenvalue weighted by Gasteiger charge is 2.18. The Morgan fingerprint density at radius 3 is 2.41 bits per heavy atom. The van der Waals surface area contributed by atoms with Crippen LogP contribution in [0.25, 0.3) is 0 Å². The number of nitrogens with one attached hydrogen (secondary N) is 1. The molecule has 3 nitrogen and oxygen atoms in total. The summed E-state index contributed by atoms with van der Waals surface area (Å²) in [5, 5.41) is 3.13. The van der Waals surface area contributed by atoms with Crippen LogP contribution in [-0.4, -0.2) is 12.0 Å². The maximum Gasteiger partial charge on any atom is 0.265 e. The largest absolute Gasteiger partial charge is 0.480 e. The molecule has 0 fully saturated rings. The summed E-state index contributed by atoms with van der Waals surface area (Å²) in [6.07, 6.45) is -0.766. The first-order chi connectivity index (χ1) is 10.4. The lowest BCUT2D eigenvalue weighted by Gasteiger charge is -2.18. The molecule has 0 heterocycles. The second kappa shape index (κ2) is 6.79. The molecule has 0 unspecified atom stereocenters. The average molecular weight is 322 g/mol. The molecule has 0 bridgehead atoms. The molecule has 1 amide bonds. The number of para-hydroxylation sites is 1. The van der Waals surface area contributed by atoms with Crippen molar-refractivity contribution in [1.82, 2.24) is 0 Å². The highest BCUT2D eigenvalue weighted by atomic mass is 35.5. The molecular formula is C17H17ClFNO2. The van der Waals surface area contributed by atoms with Gasteiger partial charge in [0.1, 0.15) is 11.6 Å². The van der Waals surface area contributed by atoms with E-state index < -0.39 is 17.8 Å². The molecule has 1 N–H and O–H groups in total. The van der Waals surface area contributed by atoms with Gasteiger partial charge in [0, 0.05) is 5.02 Å². The van der Waals surface area contributed by atoms with Crippen molar-refractivity contribution in [2.75, 3.05) is 5.32 Å². The van der Waals surface area contributed by atoms with E-state index in [0.717, 1.165) is 11.1 Å². The zero-order chi connectivity index (χ0) is 16.3. The third-order valence-electron chi connectivity index (χ3n) is 3.22. The van der Waals surface area contributed by atoms with Crippen LogP contribution in [0.4, 0.5) is 10.1 Å². The Kier molecular flexibility index (Phi) is 5.03. The van der Waals surface area contributed by atoms with Gasteiger partial charge in [-0.3, -0.25) is 4.79 Å². The molecule has 0 aliphatic carbocycles. The molecule has 0 spiro atoms. The number of carbonyl (C=O) groups is 1. The van der Waals surface area contributed by atoms with Crippen LogP contribution in [0.15, 0.2) is 36.4 Å². The van der Waals surface area contributed by atoms with Crippen LogP contribution in [0.5, 0.6) is 5.75 Å². The molecule has 116 valence electrons. The Hall–Kier alpha value is -2.07. The van der Waals surface area contributed by atoms with Crippen LogP contribution < -0.4 is 10.1 Å². The standard InChI is InChI=1S/C17H17ClFNO2/c1-10-8-13(18)9-11(2)16(10)22-12(3)17(21)20-15-7-5-4-6-14(15)19/h4-9,12H,1-3H3,(H,20,21)/t12-/m1/s1. The summed E-state index contributed by atoms with van der Waals surface area (Å²) >= 11 is 5.97. The Balaban J connectivity index is 2.11. The molecule has 1 atom stereocenters. The summed E-state index contributed by atoms with van der Waals surface area (Å²) in [6, 6.07) is 9.53.